The van der Waals surface area contributed by atoms with Crippen LogP contribution in [0.3, 0.4) is 0 Å². The van der Waals surface area contributed by atoms with Gasteiger partial charge in [-0.3, -0.25) is 0 Å². The maximum atomic E-state index is 8.63. The largest absolute Gasteiger partial charge is 0 e. The molecule has 0 radical (unpaired) electrons. The van der Waals surface area contributed by atoms with Crippen molar-refractivity contribution in [2.45, 2.75) is 0 Å². The first kappa shape index (κ1) is 12.2. The molecule has 0 spiro atoms. The Kier molecular flexibility index (Phi) is 9.03. The molecule has 0 atom stereocenters. The fourth-order valence-corrected chi connectivity index (χ4v) is 0.428. The molecule has 0 unspecified atom stereocenters. The Bertz CT molecular complexity index is 143. The first-order valence-corrected chi connectivity index (χ1v) is 2.13. The summed E-state index contributed by atoms with van der Waals surface area (Å²) < 4.78 is 0. The molecular formula is C6H9BiOZn. The van der Waals surface area contributed by atoms with Gasteiger partial charge in [0.05, 0.1) is 0 Å². The zero-order valence-corrected chi connectivity index (χ0v) is 13.7. The number of phenols is 1. The molecule has 46 valence electrons. The van der Waals surface area contributed by atoms with Crippen LogP contribution in [0.1, 0.15) is 0 Å². The molecule has 3 heteroatoms. The van der Waals surface area contributed by atoms with Crippen LogP contribution in [0.4, 0.5) is 0 Å². The quantitative estimate of drug-likeness (QED) is 0.647. The van der Waals surface area contributed by atoms with Crippen molar-refractivity contribution in [1.82, 2.24) is 0 Å². The molecule has 0 aliphatic heterocycles. The van der Waals surface area contributed by atoms with E-state index in [1.54, 1.807) is 24.3 Å². The van der Waals surface area contributed by atoms with Gasteiger partial charge in [0, 0.05) is 19.5 Å². The van der Waals surface area contributed by atoms with Gasteiger partial charge in [0.1, 0.15) is 5.75 Å². The van der Waals surface area contributed by atoms with E-state index in [-0.39, 0.29) is 45.7 Å². The molecule has 0 bridgehead atoms. The van der Waals surface area contributed by atoms with E-state index in [2.05, 4.69) is 0 Å². The third-order valence-electron chi connectivity index (χ3n) is 0.756. The minimum absolute atomic E-state index is 0. The molecule has 1 N–H and O–H groups in total. The Hall–Kier alpha value is 0.526. The van der Waals surface area contributed by atoms with Crippen molar-refractivity contribution in [3.8, 4) is 5.75 Å². The molecule has 1 rings (SSSR count). The minimum atomic E-state index is 0. The second-order valence-corrected chi connectivity index (χ2v) is 1.34. The summed E-state index contributed by atoms with van der Waals surface area (Å²) in [4.78, 5) is 0. The molecule has 1 aromatic carbocycles. The monoisotopic (exact) mass is 370 g/mol. The smallest absolute Gasteiger partial charge is 0 e. The predicted molar refractivity (Wildman–Crippen MR) is 38.0 cm³/mol. The standard InChI is InChI=1S/C6H6O.Bi.Zn.3H/c7-6-4-2-1-3-5-6;;;;;/h1-5,7H;;;;;. The van der Waals surface area contributed by atoms with Crippen LogP contribution in [0.25, 0.3) is 0 Å². The summed E-state index contributed by atoms with van der Waals surface area (Å²) in [6.45, 7) is 0. The average Bonchev–Trinajstić information content (AvgIpc) is 1.69. The van der Waals surface area contributed by atoms with Gasteiger partial charge < -0.3 is 5.11 Å². The number of benzene rings is 1. The zero-order chi connectivity index (χ0) is 5.11. The van der Waals surface area contributed by atoms with Gasteiger partial charge in [0.25, 0.3) is 0 Å². The second-order valence-electron chi connectivity index (χ2n) is 1.34. The van der Waals surface area contributed by atoms with E-state index in [4.69, 9.17) is 5.11 Å². The second kappa shape index (κ2) is 6.64. The van der Waals surface area contributed by atoms with Crippen molar-refractivity contribution < 1.29 is 24.6 Å². The van der Waals surface area contributed by atoms with Gasteiger partial charge in [0.15, 0.2) is 0 Å². The topological polar surface area (TPSA) is 20.2 Å². The maximum Gasteiger partial charge on any atom is 0 e. The Balaban J connectivity index is 0. The number of rotatable bonds is 0. The summed E-state index contributed by atoms with van der Waals surface area (Å²) in [7, 11) is 0. The van der Waals surface area contributed by atoms with Crippen LogP contribution in [-0.4, -0.2) is 31.3 Å². The Morgan fingerprint density at radius 2 is 1.44 bits per heavy atom. The number of hydrogen-bond acceptors (Lipinski definition) is 1. The van der Waals surface area contributed by atoms with Gasteiger partial charge in [0.2, 0.25) is 0 Å². The van der Waals surface area contributed by atoms with Gasteiger partial charge in [-0.1, -0.05) is 18.2 Å². The first-order valence-electron chi connectivity index (χ1n) is 2.13. The van der Waals surface area contributed by atoms with Gasteiger partial charge in [-0.15, -0.1) is 0 Å². The van der Waals surface area contributed by atoms with Crippen molar-refractivity contribution in [3.05, 3.63) is 30.3 Å². The van der Waals surface area contributed by atoms with E-state index >= 15 is 0 Å². The van der Waals surface area contributed by atoms with E-state index < -0.39 is 0 Å². The summed E-state index contributed by atoms with van der Waals surface area (Å²) in [6, 6.07) is 8.71. The van der Waals surface area contributed by atoms with Crippen LogP contribution in [-0.2, 0) is 19.5 Å². The number of hydrogen-bond donors (Lipinski definition) is 1. The first-order chi connectivity index (χ1) is 3.39. The molecule has 1 aromatic rings. The molecule has 0 heterocycles. The maximum absolute atomic E-state index is 8.63. The van der Waals surface area contributed by atoms with E-state index in [0.717, 1.165) is 0 Å². The zero-order valence-electron chi connectivity index (χ0n) is 5.25. The van der Waals surface area contributed by atoms with Gasteiger partial charge in [-0.05, 0) is 12.1 Å². The number of phenolic OH excluding ortho intramolecular Hbond substituents is 1. The van der Waals surface area contributed by atoms with Crippen molar-refractivity contribution in [3.63, 3.8) is 0 Å². The third-order valence-corrected chi connectivity index (χ3v) is 0.756. The fraction of sp³-hybridized carbons (Fsp3) is 0. The van der Waals surface area contributed by atoms with Crippen LogP contribution in [0.5, 0.6) is 5.75 Å². The molecule has 0 fully saturated rings. The Morgan fingerprint density at radius 1 is 1.00 bits per heavy atom. The molecule has 0 saturated heterocycles. The normalized spacial score (nSPS) is 6.67. The Labute approximate surface area is 86.4 Å². The van der Waals surface area contributed by atoms with E-state index in [0.29, 0.717) is 5.75 Å². The summed E-state index contributed by atoms with van der Waals surface area (Å²) in [5, 5.41) is 8.63. The number of para-hydroxylation sites is 1. The van der Waals surface area contributed by atoms with E-state index in [1.807, 2.05) is 6.07 Å². The van der Waals surface area contributed by atoms with Crippen LogP contribution >= 0.6 is 0 Å². The predicted octanol–water partition coefficient (Wildman–Crippen LogP) is 0.206. The summed E-state index contributed by atoms with van der Waals surface area (Å²) in [5.74, 6) is 0.322. The molecule has 0 amide bonds. The van der Waals surface area contributed by atoms with Crippen LogP contribution in [0, 0.1) is 0 Å². The van der Waals surface area contributed by atoms with Crippen LogP contribution < -0.4 is 0 Å². The molecule has 0 aromatic heterocycles. The fourth-order valence-electron chi connectivity index (χ4n) is 0.428. The van der Waals surface area contributed by atoms with Crippen molar-refractivity contribution in [2.24, 2.45) is 0 Å². The molecule has 9 heavy (non-hydrogen) atoms. The van der Waals surface area contributed by atoms with Crippen LogP contribution in [0.15, 0.2) is 30.3 Å². The van der Waals surface area contributed by atoms with Gasteiger partial charge in [-0.2, -0.15) is 0 Å². The van der Waals surface area contributed by atoms with Crippen molar-refractivity contribution in [1.29, 1.82) is 0 Å². The van der Waals surface area contributed by atoms with E-state index in [1.165, 1.54) is 0 Å². The minimum Gasteiger partial charge on any atom is 0 e. The Morgan fingerprint density at radius 3 is 1.67 bits per heavy atom. The number of aromatic hydroxyl groups is 1. The SMILES string of the molecule is Oc1ccccc1.[BiH3].[Zn]. The van der Waals surface area contributed by atoms with Crippen molar-refractivity contribution >= 4 is 26.2 Å². The van der Waals surface area contributed by atoms with E-state index in [9.17, 15) is 0 Å². The van der Waals surface area contributed by atoms with Gasteiger partial charge in [-0.25, -0.2) is 0 Å². The molecule has 0 aliphatic rings. The molecular weight excluding hydrogens is 362 g/mol. The molecule has 1 nitrogen and oxygen atoms in total. The van der Waals surface area contributed by atoms with Crippen LogP contribution in [0.2, 0.25) is 0 Å². The van der Waals surface area contributed by atoms with Gasteiger partial charge >= 0.3 is 26.2 Å². The molecule has 0 aliphatic carbocycles. The average molecular weight is 372 g/mol. The summed E-state index contributed by atoms with van der Waals surface area (Å²) in [6.07, 6.45) is 0. The summed E-state index contributed by atoms with van der Waals surface area (Å²) >= 11 is 0. The third kappa shape index (κ3) is 5.00. The van der Waals surface area contributed by atoms with Crippen molar-refractivity contribution in [2.75, 3.05) is 0 Å². The summed E-state index contributed by atoms with van der Waals surface area (Å²) in [5.41, 5.74) is 0. The molecule has 0 saturated carbocycles.